The highest BCUT2D eigenvalue weighted by atomic mass is 32.2. The van der Waals surface area contributed by atoms with Crippen LogP contribution >= 0.6 is 23.1 Å². The topological polar surface area (TPSA) is 42.9 Å². The maximum Gasteiger partial charge on any atom is 0.183 e. The zero-order valence-electron chi connectivity index (χ0n) is 9.95. The molecule has 94 valence electrons. The average molecular weight is 286 g/mol. The Morgan fingerprint density at radius 1 is 1.16 bits per heavy atom. The summed E-state index contributed by atoms with van der Waals surface area (Å²) < 4.78 is 0. The van der Waals surface area contributed by atoms with Gasteiger partial charge in [-0.25, -0.2) is 4.98 Å². The number of thioether (sulfide) groups is 1. The Morgan fingerprint density at radius 2 is 2.11 bits per heavy atom. The van der Waals surface area contributed by atoms with Gasteiger partial charge >= 0.3 is 0 Å². The third-order valence-electron chi connectivity index (χ3n) is 2.63. The van der Waals surface area contributed by atoms with Gasteiger partial charge in [-0.15, -0.1) is 11.3 Å². The summed E-state index contributed by atoms with van der Waals surface area (Å²) in [7, 11) is 0. The van der Waals surface area contributed by atoms with Crippen molar-refractivity contribution in [2.75, 3.05) is 5.75 Å². The first-order chi connectivity index (χ1) is 9.34. The van der Waals surface area contributed by atoms with E-state index in [1.807, 2.05) is 35.7 Å². The third-order valence-corrected chi connectivity index (χ3v) is 4.55. The molecule has 3 heterocycles. The number of thiophene rings is 1. The van der Waals surface area contributed by atoms with Crippen LogP contribution in [-0.2, 0) is 0 Å². The first-order valence-corrected chi connectivity index (χ1v) is 7.60. The van der Waals surface area contributed by atoms with Crippen LogP contribution in [0.3, 0.4) is 0 Å². The van der Waals surface area contributed by atoms with Crippen LogP contribution in [0.15, 0.2) is 53.1 Å². The molecular weight excluding hydrogens is 276 g/mol. The van der Waals surface area contributed by atoms with E-state index in [9.17, 15) is 4.79 Å². The standard InChI is InChI=1S/C14H10N2OS2/c17-12(13-4-2-8-18-13)9-19-14-10-3-1-6-15-11(10)5-7-16-14/h1-8H,9H2. The van der Waals surface area contributed by atoms with Crippen LogP contribution in [0.2, 0.25) is 0 Å². The number of carbonyl (C=O) groups excluding carboxylic acids is 1. The minimum Gasteiger partial charge on any atom is -0.292 e. The van der Waals surface area contributed by atoms with Gasteiger partial charge in [0.05, 0.1) is 16.1 Å². The van der Waals surface area contributed by atoms with Crippen LogP contribution in [0.1, 0.15) is 9.67 Å². The second kappa shape index (κ2) is 5.50. The molecule has 0 atom stereocenters. The van der Waals surface area contributed by atoms with Gasteiger partial charge < -0.3 is 0 Å². The van der Waals surface area contributed by atoms with Crippen molar-refractivity contribution in [3.05, 3.63) is 53.0 Å². The highest BCUT2D eigenvalue weighted by Crippen LogP contribution is 2.25. The normalized spacial score (nSPS) is 10.7. The summed E-state index contributed by atoms with van der Waals surface area (Å²) in [6.07, 6.45) is 3.49. The van der Waals surface area contributed by atoms with E-state index in [1.165, 1.54) is 23.1 Å². The van der Waals surface area contributed by atoms with Gasteiger partial charge in [0.1, 0.15) is 5.03 Å². The lowest BCUT2D eigenvalue weighted by Gasteiger charge is -2.03. The molecule has 0 aliphatic rings. The second-order valence-electron chi connectivity index (χ2n) is 3.88. The minimum atomic E-state index is 0.141. The molecule has 0 radical (unpaired) electrons. The largest absolute Gasteiger partial charge is 0.292 e. The van der Waals surface area contributed by atoms with Crippen molar-refractivity contribution in [2.24, 2.45) is 0 Å². The Hall–Kier alpha value is -1.72. The van der Waals surface area contributed by atoms with Crippen molar-refractivity contribution in [2.45, 2.75) is 5.03 Å². The first-order valence-electron chi connectivity index (χ1n) is 5.74. The molecule has 0 spiro atoms. The monoisotopic (exact) mass is 286 g/mol. The van der Waals surface area contributed by atoms with E-state index >= 15 is 0 Å². The number of pyridine rings is 2. The molecule has 0 aliphatic heterocycles. The van der Waals surface area contributed by atoms with Gasteiger partial charge in [-0.3, -0.25) is 9.78 Å². The van der Waals surface area contributed by atoms with E-state index in [1.54, 1.807) is 12.4 Å². The molecule has 0 aromatic carbocycles. The molecular formula is C14H10N2OS2. The number of fused-ring (bicyclic) bond motifs is 1. The summed E-state index contributed by atoms with van der Waals surface area (Å²) >= 11 is 2.94. The molecule has 0 fully saturated rings. The van der Waals surface area contributed by atoms with Crippen LogP contribution < -0.4 is 0 Å². The van der Waals surface area contributed by atoms with Crippen molar-refractivity contribution in [3.8, 4) is 0 Å². The van der Waals surface area contributed by atoms with E-state index in [0.29, 0.717) is 5.75 Å². The Bertz CT molecular complexity index is 705. The summed E-state index contributed by atoms with van der Waals surface area (Å²) in [4.78, 5) is 21.4. The molecule has 3 aromatic heterocycles. The minimum absolute atomic E-state index is 0.141. The zero-order chi connectivity index (χ0) is 13.1. The van der Waals surface area contributed by atoms with Crippen molar-refractivity contribution >= 4 is 39.8 Å². The number of aromatic nitrogens is 2. The van der Waals surface area contributed by atoms with Crippen LogP contribution in [0, 0.1) is 0 Å². The summed E-state index contributed by atoms with van der Waals surface area (Å²) in [5, 5.41) is 3.77. The Labute approximate surface area is 118 Å². The molecule has 0 N–H and O–H groups in total. The lowest BCUT2D eigenvalue weighted by molar-refractivity contribution is 0.102. The molecule has 3 nitrogen and oxygen atoms in total. The molecule has 3 rings (SSSR count). The van der Waals surface area contributed by atoms with E-state index in [0.717, 1.165) is 20.8 Å². The van der Waals surface area contributed by atoms with Gasteiger partial charge in [-0.1, -0.05) is 17.8 Å². The molecule has 5 heteroatoms. The summed E-state index contributed by atoms with van der Waals surface area (Å²) in [5.74, 6) is 0.546. The van der Waals surface area contributed by atoms with Crippen molar-refractivity contribution in [1.29, 1.82) is 0 Å². The predicted octanol–water partition coefficient (Wildman–Crippen LogP) is 3.67. The fraction of sp³-hybridized carbons (Fsp3) is 0.0714. The van der Waals surface area contributed by atoms with E-state index in [-0.39, 0.29) is 5.78 Å². The van der Waals surface area contributed by atoms with Gasteiger partial charge in [0, 0.05) is 17.8 Å². The third kappa shape index (κ3) is 2.67. The fourth-order valence-corrected chi connectivity index (χ4v) is 3.38. The molecule has 0 unspecified atom stereocenters. The number of nitrogens with zero attached hydrogens (tertiary/aromatic N) is 2. The molecule has 0 bridgehead atoms. The maximum absolute atomic E-state index is 12.0. The summed E-state index contributed by atoms with van der Waals surface area (Å²) in [6, 6.07) is 9.48. The van der Waals surface area contributed by atoms with E-state index in [2.05, 4.69) is 9.97 Å². The van der Waals surface area contributed by atoms with Gasteiger partial charge in [-0.2, -0.15) is 0 Å². The lowest BCUT2D eigenvalue weighted by atomic mass is 10.3. The number of hydrogen-bond acceptors (Lipinski definition) is 5. The highest BCUT2D eigenvalue weighted by Gasteiger charge is 2.10. The molecule has 0 saturated carbocycles. The fourth-order valence-electron chi connectivity index (χ4n) is 1.73. The van der Waals surface area contributed by atoms with Crippen molar-refractivity contribution in [3.63, 3.8) is 0 Å². The second-order valence-corrected chi connectivity index (χ2v) is 5.79. The van der Waals surface area contributed by atoms with Gasteiger partial charge in [0.2, 0.25) is 0 Å². The number of ketones is 1. The van der Waals surface area contributed by atoms with Gasteiger partial charge in [0.15, 0.2) is 5.78 Å². The average Bonchev–Trinajstić information content (AvgIpc) is 2.99. The number of Topliss-reactive ketones (excluding diaryl/α,β-unsaturated/α-hetero) is 1. The molecule has 0 amide bonds. The highest BCUT2D eigenvalue weighted by molar-refractivity contribution is 8.00. The quantitative estimate of drug-likeness (QED) is 0.542. The van der Waals surface area contributed by atoms with Crippen LogP contribution in [0.4, 0.5) is 0 Å². The Balaban J connectivity index is 1.81. The number of hydrogen-bond donors (Lipinski definition) is 0. The number of carbonyl (C=O) groups is 1. The van der Waals surface area contributed by atoms with E-state index < -0.39 is 0 Å². The zero-order valence-corrected chi connectivity index (χ0v) is 11.6. The van der Waals surface area contributed by atoms with Crippen molar-refractivity contribution in [1.82, 2.24) is 9.97 Å². The van der Waals surface area contributed by atoms with Crippen molar-refractivity contribution < 1.29 is 4.79 Å². The van der Waals surface area contributed by atoms with Crippen LogP contribution in [0.25, 0.3) is 10.9 Å². The molecule has 19 heavy (non-hydrogen) atoms. The SMILES string of the molecule is O=C(CSc1nccc2ncccc12)c1cccs1. The number of rotatable bonds is 4. The molecule has 0 saturated heterocycles. The van der Waals surface area contributed by atoms with Crippen LogP contribution in [0.5, 0.6) is 0 Å². The molecule has 0 aliphatic carbocycles. The van der Waals surface area contributed by atoms with Gasteiger partial charge in [-0.05, 0) is 29.6 Å². The predicted molar refractivity (Wildman–Crippen MR) is 78.9 cm³/mol. The summed E-state index contributed by atoms with van der Waals surface area (Å²) in [5.41, 5.74) is 0.906. The lowest BCUT2D eigenvalue weighted by Crippen LogP contribution is -1.99. The summed E-state index contributed by atoms with van der Waals surface area (Å²) in [6.45, 7) is 0. The molecule has 3 aromatic rings. The van der Waals surface area contributed by atoms with E-state index in [4.69, 9.17) is 0 Å². The first kappa shape index (κ1) is 12.3. The maximum atomic E-state index is 12.0. The van der Waals surface area contributed by atoms with Crippen LogP contribution in [-0.4, -0.2) is 21.5 Å². The Morgan fingerprint density at radius 3 is 2.95 bits per heavy atom. The Kier molecular flexibility index (Phi) is 3.57. The van der Waals surface area contributed by atoms with Gasteiger partial charge in [0.25, 0.3) is 0 Å². The smallest absolute Gasteiger partial charge is 0.183 e.